The number of hydrogen-bond acceptors (Lipinski definition) is 10. The van der Waals surface area contributed by atoms with Gasteiger partial charge in [0.1, 0.15) is 16.1 Å². The third kappa shape index (κ3) is 11.0. The van der Waals surface area contributed by atoms with Gasteiger partial charge in [0.05, 0.1) is 31.8 Å². The summed E-state index contributed by atoms with van der Waals surface area (Å²) in [6, 6.07) is 10.7. The molecule has 0 spiro atoms. The van der Waals surface area contributed by atoms with Crippen molar-refractivity contribution < 1.29 is 45.7 Å². The number of pyridine rings is 1. The van der Waals surface area contributed by atoms with Crippen molar-refractivity contribution in [3.05, 3.63) is 81.2 Å². The van der Waals surface area contributed by atoms with Crippen LogP contribution in [0.15, 0.2) is 59.8 Å². The fraction of sp³-hybridized carbons (Fsp3) is 0.438. The number of ether oxygens (including phenoxy) is 4. The Bertz CT molecular complexity index is 1710. The van der Waals surface area contributed by atoms with Gasteiger partial charge in [-0.15, -0.1) is 0 Å². The number of alkyl halides is 2. The quantitative estimate of drug-likeness (QED) is 0.0752. The molecule has 2 aromatic carbocycles. The molecule has 17 heteroatoms. The van der Waals surface area contributed by atoms with Crippen molar-refractivity contribution in [2.24, 2.45) is 5.92 Å². The number of nitrogens with zero attached hydrogens (tertiary/aromatic N) is 3. The molecular weight excluding hydrogens is 727 g/mol. The van der Waals surface area contributed by atoms with E-state index in [2.05, 4.69) is 9.64 Å². The van der Waals surface area contributed by atoms with E-state index in [-0.39, 0.29) is 34.5 Å². The molecule has 49 heavy (non-hydrogen) atoms. The molecule has 11 nitrogen and oxygen atoms in total. The number of halogens is 4. The molecule has 1 saturated carbocycles. The minimum atomic E-state index is -3.65. The highest BCUT2D eigenvalue weighted by molar-refractivity contribution is 8.13. The maximum Gasteiger partial charge on any atom is 0.387 e. The van der Waals surface area contributed by atoms with Gasteiger partial charge in [0, 0.05) is 43.1 Å². The van der Waals surface area contributed by atoms with Crippen LogP contribution in [-0.4, -0.2) is 77.5 Å². The fourth-order valence-corrected chi connectivity index (χ4v) is 7.34. The van der Waals surface area contributed by atoms with Crippen LogP contribution in [0.2, 0.25) is 10.0 Å². The van der Waals surface area contributed by atoms with Crippen LogP contribution in [0.5, 0.6) is 11.5 Å². The lowest BCUT2D eigenvalue weighted by atomic mass is 10.0. The average Bonchev–Trinajstić information content (AvgIpc) is 3.86. The van der Waals surface area contributed by atoms with Crippen LogP contribution in [0.25, 0.3) is 0 Å². The van der Waals surface area contributed by atoms with Crippen LogP contribution in [0.3, 0.4) is 0 Å². The summed E-state index contributed by atoms with van der Waals surface area (Å²) in [6.45, 7) is 0.486. The minimum Gasteiger partial charge on any atom is -0.619 e. The summed E-state index contributed by atoms with van der Waals surface area (Å²) in [5.41, 5.74) is 1.07. The molecule has 3 aromatic rings. The number of aromatic nitrogens is 1. The van der Waals surface area contributed by atoms with Crippen LogP contribution in [-0.2, 0) is 25.9 Å². The Morgan fingerprint density at radius 2 is 1.84 bits per heavy atom. The van der Waals surface area contributed by atoms with Gasteiger partial charge in [0.15, 0.2) is 23.9 Å². The van der Waals surface area contributed by atoms with Crippen molar-refractivity contribution in [3.8, 4) is 11.5 Å². The van der Waals surface area contributed by atoms with Gasteiger partial charge in [0.2, 0.25) is 10.0 Å². The monoisotopic (exact) mass is 761 g/mol. The Hall–Kier alpha value is -3.08. The zero-order valence-corrected chi connectivity index (χ0v) is 29.6. The number of benzene rings is 2. The Morgan fingerprint density at radius 3 is 2.49 bits per heavy atom. The van der Waals surface area contributed by atoms with Crippen LogP contribution in [0.4, 0.5) is 19.3 Å². The Kier molecular flexibility index (Phi) is 12.7. The number of carbonyl (C=O) groups is 1. The second-order valence-electron chi connectivity index (χ2n) is 11.6. The van der Waals surface area contributed by atoms with Crippen molar-refractivity contribution in [3.63, 3.8) is 0 Å². The van der Waals surface area contributed by atoms with Gasteiger partial charge in [-0.3, -0.25) is 9.21 Å². The Balaban J connectivity index is 1.38. The van der Waals surface area contributed by atoms with Gasteiger partial charge in [-0.25, -0.2) is 13.2 Å². The first-order chi connectivity index (χ1) is 23.4. The Labute approximate surface area is 297 Å². The second kappa shape index (κ2) is 16.8. The van der Waals surface area contributed by atoms with Gasteiger partial charge in [-0.05, 0) is 66.4 Å². The van der Waals surface area contributed by atoms with Crippen molar-refractivity contribution in [1.82, 2.24) is 4.90 Å². The topological polar surface area (TPSA) is 122 Å². The first kappa shape index (κ1) is 37.2. The normalized spacial score (nSPS) is 16.0. The van der Waals surface area contributed by atoms with E-state index in [9.17, 15) is 27.2 Å². The number of morpholine rings is 1. The van der Waals surface area contributed by atoms with E-state index in [0.29, 0.717) is 71.8 Å². The summed E-state index contributed by atoms with van der Waals surface area (Å²) in [5, 5.41) is 11.2. The van der Waals surface area contributed by atoms with Crippen molar-refractivity contribution >= 4 is 56.0 Å². The molecule has 266 valence electrons. The standard InChI is InChI=1S/C32H35Cl2F2N3O8S2/c1-49(42,43)39(10-9-37-11-13-44-14-12-37)23-3-2-4-24(16-23)48-32(40)47-29(17-25-26(33)18-38(41)19-27(25)34)22-7-8-28(46-31(35)36)30(15-22)45-20-21-5-6-21/h2-4,7-8,15-16,18-19,21,29,31H,5-6,9-14,17,20H2,1H3/t29-/m0/s1. The number of rotatable bonds is 15. The predicted octanol–water partition coefficient (Wildman–Crippen LogP) is 6.33. The summed E-state index contributed by atoms with van der Waals surface area (Å²) in [5.74, 6) is 0.178. The third-order valence-electron chi connectivity index (χ3n) is 7.84. The number of sulfonamides is 1. The molecule has 2 aliphatic rings. The van der Waals surface area contributed by atoms with E-state index in [1.165, 1.54) is 22.5 Å². The maximum absolute atomic E-state index is 13.5. The Morgan fingerprint density at radius 1 is 1.12 bits per heavy atom. The molecule has 2 fully saturated rings. The molecule has 1 aromatic heterocycles. The predicted molar refractivity (Wildman–Crippen MR) is 181 cm³/mol. The highest BCUT2D eigenvalue weighted by atomic mass is 35.5. The van der Waals surface area contributed by atoms with E-state index in [4.69, 9.17) is 37.4 Å². The summed E-state index contributed by atoms with van der Waals surface area (Å²) in [7, 11) is -3.65. The molecule has 1 saturated heterocycles. The number of carbonyl (C=O) groups excluding carboxylic acids is 1. The first-order valence-corrected chi connectivity index (χ1v) is 18.8. The van der Waals surface area contributed by atoms with E-state index in [1.54, 1.807) is 24.3 Å². The lowest BCUT2D eigenvalue weighted by Gasteiger charge is -2.30. The molecule has 1 aliphatic carbocycles. The number of hydrogen-bond donors (Lipinski definition) is 0. The highest BCUT2D eigenvalue weighted by Crippen LogP contribution is 2.39. The third-order valence-corrected chi connectivity index (χ3v) is 10.4. The second-order valence-corrected chi connectivity index (χ2v) is 15.3. The van der Waals surface area contributed by atoms with Gasteiger partial charge in [-0.2, -0.15) is 13.5 Å². The fourth-order valence-electron chi connectivity index (χ4n) is 5.14. The van der Waals surface area contributed by atoms with E-state index in [1.807, 2.05) is 0 Å². The van der Waals surface area contributed by atoms with Crippen LogP contribution < -0.4 is 18.5 Å². The number of thioether (sulfide) groups is 1. The van der Waals surface area contributed by atoms with Gasteiger partial charge >= 0.3 is 11.9 Å². The average molecular weight is 763 g/mol. The summed E-state index contributed by atoms with van der Waals surface area (Å²) in [6.07, 6.45) is 4.13. The maximum atomic E-state index is 13.5. The smallest absolute Gasteiger partial charge is 0.387 e. The molecule has 0 radical (unpaired) electrons. The molecular formula is C32H35Cl2F2N3O8S2. The van der Waals surface area contributed by atoms with E-state index in [0.717, 1.165) is 43.3 Å². The minimum absolute atomic E-state index is 0.0321. The van der Waals surface area contributed by atoms with Crippen LogP contribution in [0, 0.1) is 11.1 Å². The highest BCUT2D eigenvalue weighted by Gasteiger charge is 2.27. The summed E-state index contributed by atoms with van der Waals surface area (Å²) >= 11 is 13.4. The summed E-state index contributed by atoms with van der Waals surface area (Å²) in [4.78, 5) is 16.0. The molecule has 0 bridgehead atoms. The molecule has 0 unspecified atom stereocenters. The zero-order chi connectivity index (χ0) is 35.1. The van der Waals surface area contributed by atoms with E-state index >= 15 is 0 Å². The summed E-state index contributed by atoms with van der Waals surface area (Å²) < 4.78 is 75.4. The number of anilines is 1. The molecule has 2 heterocycles. The first-order valence-electron chi connectivity index (χ1n) is 15.4. The molecule has 1 aliphatic heterocycles. The SMILES string of the molecule is CS(=O)(=O)N(CCN1CCOCC1)c1cccc(SC(=O)O[C@@H](Cc2c(Cl)c[n+]([O-])cc2Cl)c2ccc(OC(F)F)c(OCC3CC3)c2)c1. The molecule has 5 rings (SSSR count). The van der Waals surface area contributed by atoms with Crippen molar-refractivity contribution in [2.75, 3.05) is 56.6 Å². The van der Waals surface area contributed by atoms with E-state index < -0.39 is 28.0 Å². The van der Waals surface area contributed by atoms with Gasteiger partial charge in [0.25, 0.3) is 0 Å². The molecule has 1 atom stereocenters. The van der Waals surface area contributed by atoms with Crippen LogP contribution in [0.1, 0.15) is 30.1 Å². The van der Waals surface area contributed by atoms with Crippen LogP contribution >= 0.6 is 35.0 Å². The largest absolute Gasteiger partial charge is 0.619 e. The lowest BCUT2D eigenvalue weighted by molar-refractivity contribution is -0.605. The van der Waals surface area contributed by atoms with Gasteiger partial charge in [-0.1, -0.05) is 35.3 Å². The van der Waals surface area contributed by atoms with Gasteiger partial charge < -0.3 is 24.2 Å². The molecule has 0 N–H and O–H groups in total. The van der Waals surface area contributed by atoms with Crippen molar-refractivity contribution in [1.29, 1.82) is 0 Å². The molecule has 0 amide bonds. The lowest BCUT2D eigenvalue weighted by Crippen LogP contribution is -2.43. The van der Waals surface area contributed by atoms with Crippen molar-refractivity contribution in [2.45, 2.75) is 36.9 Å². The zero-order valence-electron chi connectivity index (χ0n) is 26.4.